The Hall–Kier alpha value is -3.56. The van der Waals surface area contributed by atoms with Gasteiger partial charge in [0, 0.05) is 10.6 Å². The molecule has 5 rings (SSSR count). The number of fused-ring (bicyclic) bond motifs is 2. The number of thiazole rings is 1. The van der Waals surface area contributed by atoms with Crippen molar-refractivity contribution in [1.29, 1.82) is 0 Å². The standard InChI is InChI=1S/C24H16ClFN2O5S/c1-3-32-23(31)21-11(2)27-24(34-21)28-18(13-6-4-5-7-15(13)26)17-19(29)14-10-12(25)8-9-16(14)33-20(17)22(28)30/h4-10,18H,3H2,1-2H3. The lowest BCUT2D eigenvalue weighted by Crippen LogP contribution is -2.30. The molecule has 0 spiro atoms. The van der Waals surface area contributed by atoms with Gasteiger partial charge in [0.1, 0.15) is 22.3 Å². The topological polar surface area (TPSA) is 89.7 Å². The molecule has 2 aromatic carbocycles. The Morgan fingerprint density at radius 1 is 1.26 bits per heavy atom. The van der Waals surface area contributed by atoms with Crippen molar-refractivity contribution in [2.75, 3.05) is 11.5 Å². The Labute approximate surface area is 201 Å². The van der Waals surface area contributed by atoms with E-state index in [0.29, 0.717) is 10.7 Å². The Kier molecular flexibility index (Phi) is 5.45. The average Bonchev–Trinajstić information content (AvgIpc) is 3.32. The van der Waals surface area contributed by atoms with E-state index < -0.39 is 29.2 Å². The number of amides is 1. The first-order valence-corrected chi connectivity index (χ1v) is 11.5. The second kappa shape index (κ2) is 8.34. The molecule has 2 aromatic heterocycles. The lowest BCUT2D eigenvalue weighted by Gasteiger charge is -2.22. The second-order valence-corrected chi connectivity index (χ2v) is 8.96. The minimum atomic E-state index is -1.15. The van der Waals surface area contributed by atoms with Gasteiger partial charge in [-0.05, 0) is 38.1 Å². The zero-order chi connectivity index (χ0) is 24.1. The van der Waals surface area contributed by atoms with Crippen LogP contribution in [0.2, 0.25) is 5.02 Å². The Morgan fingerprint density at radius 3 is 2.76 bits per heavy atom. The van der Waals surface area contributed by atoms with Gasteiger partial charge in [-0.1, -0.05) is 41.1 Å². The van der Waals surface area contributed by atoms with Gasteiger partial charge in [0.15, 0.2) is 10.6 Å². The Morgan fingerprint density at radius 2 is 2.03 bits per heavy atom. The molecule has 10 heteroatoms. The molecule has 0 aliphatic carbocycles. The predicted octanol–water partition coefficient (Wildman–Crippen LogP) is 5.28. The zero-order valence-electron chi connectivity index (χ0n) is 17.9. The summed E-state index contributed by atoms with van der Waals surface area (Å²) in [6, 6.07) is 9.19. The van der Waals surface area contributed by atoms with Crippen molar-refractivity contribution in [3.8, 4) is 0 Å². The van der Waals surface area contributed by atoms with E-state index in [0.717, 1.165) is 11.3 Å². The molecule has 172 valence electrons. The van der Waals surface area contributed by atoms with Crippen LogP contribution < -0.4 is 10.3 Å². The van der Waals surface area contributed by atoms with Gasteiger partial charge < -0.3 is 9.15 Å². The molecule has 1 aliphatic rings. The number of aryl methyl sites for hydroxylation is 1. The lowest BCUT2D eigenvalue weighted by molar-refractivity contribution is 0.0531. The number of benzene rings is 2. The molecule has 3 heterocycles. The highest BCUT2D eigenvalue weighted by Crippen LogP contribution is 2.43. The smallest absolute Gasteiger partial charge is 0.350 e. The molecule has 1 aliphatic heterocycles. The monoisotopic (exact) mass is 498 g/mol. The van der Waals surface area contributed by atoms with E-state index >= 15 is 0 Å². The second-order valence-electron chi connectivity index (χ2n) is 7.55. The number of aromatic nitrogens is 1. The highest BCUT2D eigenvalue weighted by molar-refractivity contribution is 7.17. The summed E-state index contributed by atoms with van der Waals surface area (Å²) < 4.78 is 25.9. The Bertz CT molecular complexity index is 1550. The summed E-state index contributed by atoms with van der Waals surface area (Å²) in [4.78, 5) is 45.2. The van der Waals surface area contributed by atoms with E-state index in [-0.39, 0.29) is 44.5 Å². The van der Waals surface area contributed by atoms with E-state index in [1.165, 1.54) is 35.2 Å². The fraction of sp³-hybridized carbons (Fsp3) is 0.167. The highest BCUT2D eigenvalue weighted by atomic mass is 35.5. The van der Waals surface area contributed by atoms with Gasteiger partial charge in [0.05, 0.1) is 23.3 Å². The maximum Gasteiger partial charge on any atom is 0.350 e. The van der Waals surface area contributed by atoms with Crippen molar-refractivity contribution in [3.63, 3.8) is 0 Å². The Balaban J connectivity index is 1.77. The van der Waals surface area contributed by atoms with E-state index in [1.807, 2.05) is 0 Å². The largest absolute Gasteiger partial charge is 0.462 e. The zero-order valence-corrected chi connectivity index (χ0v) is 19.5. The number of nitrogens with zero attached hydrogens (tertiary/aromatic N) is 2. The predicted molar refractivity (Wildman–Crippen MR) is 125 cm³/mol. The van der Waals surface area contributed by atoms with Crippen molar-refractivity contribution in [2.24, 2.45) is 0 Å². The summed E-state index contributed by atoms with van der Waals surface area (Å²) in [5.41, 5.74) is 0.106. The summed E-state index contributed by atoms with van der Waals surface area (Å²) >= 11 is 7.01. The highest BCUT2D eigenvalue weighted by Gasteiger charge is 2.46. The molecule has 4 aromatic rings. The van der Waals surface area contributed by atoms with Crippen LogP contribution in [0.3, 0.4) is 0 Å². The van der Waals surface area contributed by atoms with Crippen molar-refractivity contribution in [2.45, 2.75) is 19.9 Å². The van der Waals surface area contributed by atoms with Crippen molar-refractivity contribution < 1.29 is 23.1 Å². The molecule has 0 bridgehead atoms. The lowest BCUT2D eigenvalue weighted by atomic mass is 9.98. The van der Waals surface area contributed by atoms with Crippen LogP contribution in [0.1, 0.15) is 50.0 Å². The molecule has 0 saturated heterocycles. The van der Waals surface area contributed by atoms with Gasteiger partial charge in [-0.2, -0.15) is 0 Å². The van der Waals surface area contributed by atoms with E-state index in [9.17, 15) is 18.8 Å². The number of hydrogen-bond acceptors (Lipinski definition) is 7. The van der Waals surface area contributed by atoms with Gasteiger partial charge in [0.2, 0.25) is 5.76 Å². The normalized spacial score (nSPS) is 15.1. The summed E-state index contributed by atoms with van der Waals surface area (Å²) in [5, 5.41) is 0.606. The first-order valence-electron chi connectivity index (χ1n) is 10.3. The van der Waals surface area contributed by atoms with Crippen molar-refractivity contribution >= 4 is 50.9 Å². The summed E-state index contributed by atoms with van der Waals surface area (Å²) in [6.07, 6.45) is 0. The van der Waals surface area contributed by atoms with E-state index in [2.05, 4.69) is 4.98 Å². The number of carbonyl (C=O) groups excluding carboxylic acids is 2. The maximum atomic E-state index is 15.0. The van der Waals surface area contributed by atoms with Crippen molar-refractivity contribution in [3.05, 3.63) is 91.0 Å². The average molecular weight is 499 g/mol. The molecule has 7 nitrogen and oxygen atoms in total. The molecule has 0 fully saturated rings. The van der Waals surface area contributed by atoms with E-state index in [4.69, 9.17) is 20.8 Å². The maximum absolute atomic E-state index is 15.0. The molecular formula is C24H16ClFN2O5S. The van der Waals surface area contributed by atoms with Crippen LogP contribution in [0.15, 0.2) is 51.7 Å². The molecule has 1 unspecified atom stereocenters. The molecule has 0 radical (unpaired) electrons. The number of hydrogen-bond donors (Lipinski definition) is 0. The third kappa shape index (κ3) is 3.39. The number of halogens is 2. The number of carbonyl (C=O) groups is 2. The van der Waals surface area contributed by atoms with Gasteiger partial charge in [-0.25, -0.2) is 14.2 Å². The van der Waals surface area contributed by atoms with Gasteiger partial charge in [-0.3, -0.25) is 14.5 Å². The van der Waals surface area contributed by atoms with Crippen LogP contribution in [-0.2, 0) is 4.74 Å². The fourth-order valence-electron chi connectivity index (χ4n) is 4.00. The molecule has 1 atom stereocenters. The number of esters is 1. The number of rotatable bonds is 4. The molecular weight excluding hydrogens is 483 g/mol. The summed E-state index contributed by atoms with van der Waals surface area (Å²) in [5.74, 6) is -2.06. The number of anilines is 1. The minimum absolute atomic E-state index is 0.0181. The summed E-state index contributed by atoms with van der Waals surface area (Å²) in [7, 11) is 0. The third-order valence-corrected chi connectivity index (χ3v) is 6.86. The van der Waals surface area contributed by atoms with Crippen LogP contribution >= 0.6 is 22.9 Å². The fourth-order valence-corrected chi connectivity index (χ4v) is 5.16. The molecule has 34 heavy (non-hydrogen) atoms. The van der Waals surface area contributed by atoms with Gasteiger partial charge >= 0.3 is 5.97 Å². The summed E-state index contributed by atoms with van der Waals surface area (Å²) in [6.45, 7) is 3.46. The van der Waals surface area contributed by atoms with Crippen molar-refractivity contribution in [1.82, 2.24) is 4.98 Å². The quantitative estimate of drug-likeness (QED) is 0.356. The third-order valence-electron chi connectivity index (χ3n) is 5.48. The van der Waals surface area contributed by atoms with Crippen LogP contribution in [0.4, 0.5) is 9.52 Å². The van der Waals surface area contributed by atoms with E-state index in [1.54, 1.807) is 26.0 Å². The molecule has 1 amide bonds. The van der Waals surface area contributed by atoms with Gasteiger partial charge in [-0.15, -0.1) is 0 Å². The minimum Gasteiger partial charge on any atom is -0.462 e. The molecule has 0 N–H and O–H groups in total. The van der Waals surface area contributed by atoms with Crippen LogP contribution in [0.5, 0.6) is 0 Å². The van der Waals surface area contributed by atoms with Crippen LogP contribution in [-0.4, -0.2) is 23.5 Å². The van der Waals surface area contributed by atoms with Crippen LogP contribution in [0, 0.1) is 12.7 Å². The van der Waals surface area contributed by atoms with Crippen LogP contribution in [0.25, 0.3) is 11.0 Å². The number of ether oxygens (including phenoxy) is 1. The first-order chi connectivity index (χ1) is 16.3. The molecule has 0 saturated carbocycles. The SMILES string of the molecule is CCOC(=O)c1sc(N2C(=O)c3oc4ccc(Cl)cc4c(=O)c3C2c2ccccc2F)nc1C. The first kappa shape index (κ1) is 22.2. The van der Waals surface area contributed by atoms with Gasteiger partial charge in [0.25, 0.3) is 5.91 Å².